The molecule has 0 bridgehead atoms. The van der Waals surface area contributed by atoms with Gasteiger partial charge in [0.15, 0.2) is 8.32 Å². The smallest absolute Gasteiger partial charge is 0.407 e. The van der Waals surface area contributed by atoms with Crippen molar-refractivity contribution in [2.75, 3.05) is 62.3 Å². The molecule has 2 atom stereocenters. The van der Waals surface area contributed by atoms with E-state index >= 15 is 0 Å². The molecule has 1 amide bonds. The van der Waals surface area contributed by atoms with Crippen molar-refractivity contribution in [2.45, 2.75) is 83.2 Å². The van der Waals surface area contributed by atoms with Crippen LogP contribution in [0.15, 0.2) is 42.5 Å². The maximum atomic E-state index is 12.0. The Morgan fingerprint density at radius 1 is 1.04 bits per heavy atom. The van der Waals surface area contributed by atoms with Crippen LogP contribution >= 0.6 is 0 Å². The van der Waals surface area contributed by atoms with Crippen LogP contribution in [0.25, 0.3) is 10.8 Å². The van der Waals surface area contributed by atoms with Gasteiger partial charge in [0.2, 0.25) is 0 Å². The highest BCUT2D eigenvalue weighted by Crippen LogP contribution is 2.37. The van der Waals surface area contributed by atoms with Gasteiger partial charge in [0.25, 0.3) is 0 Å². The number of rotatable bonds is 10. The summed E-state index contributed by atoms with van der Waals surface area (Å²) >= 11 is 0. The number of hydrogen-bond donors (Lipinski definition) is 1. The first kappa shape index (κ1) is 34.9. The molecule has 3 aliphatic rings. The Morgan fingerprint density at radius 2 is 1.84 bits per heavy atom. The first-order chi connectivity index (χ1) is 23.4. The molecule has 12 heteroatoms. The van der Waals surface area contributed by atoms with Crippen LogP contribution in [0.5, 0.6) is 6.01 Å². The van der Waals surface area contributed by atoms with Crippen molar-refractivity contribution in [1.82, 2.24) is 19.8 Å². The number of nitrogens with zero attached hydrogens (tertiary/aromatic N) is 7. The number of piperazine rings is 1. The predicted molar refractivity (Wildman–Crippen MR) is 195 cm³/mol. The summed E-state index contributed by atoms with van der Waals surface area (Å²) in [5, 5.41) is 21.9. The molecule has 0 radical (unpaired) electrons. The summed E-state index contributed by atoms with van der Waals surface area (Å²) in [6.07, 6.45) is 2.07. The van der Waals surface area contributed by atoms with Crippen LogP contribution in [-0.4, -0.2) is 104 Å². The number of aromatic nitrogens is 2. The quantitative estimate of drug-likeness (QED) is 0.250. The molecule has 4 heterocycles. The second-order valence-corrected chi connectivity index (χ2v) is 19.9. The van der Waals surface area contributed by atoms with Gasteiger partial charge in [-0.2, -0.15) is 15.2 Å². The lowest BCUT2D eigenvalue weighted by atomic mass is 10.0. The van der Waals surface area contributed by atoms with E-state index in [9.17, 15) is 15.2 Å². The topological polar surface area (TPSA) is 118 Å². The molecule has 11 nitrogen and oxygen atoms in total. The zero-order valence-corrected chi connectivity index (χ0v) is 30.7. The number of hydrogen-bond acceptors (Lipinski definition) is 9. The summed E-state index contributed by atoms with van der Waals surface area (Å²) in [5.41, 5.74) is 3.19. The monoisotopic (exact) mass is 685 g/mol. The molecule has 1 N–H and O–H groups in total. The zero-order chi connectivity index (χ0) is 34.8. The standard InChI is InChI=1S/C37H51N7O4Si/c1-37(2,3)49(4,5)48-23-22-41-18-9-12-29(41)26-47-35-39-32-25-42(33-14-8-11-27-10-6-7-13-30(27)33)19-16-31(32)34(40-35)43-20-21-44(36(45)46)28(24-43)15-17-38/h6-8,10-11,13-14,28-29H,9,12,15-16,18-26H2,1-5H3,(H,45,46)/t28-,29-/m0/s1. The molecule has 49 heavy (non-hydrogen) atoms. The average Bonchev–Trinajstić information content (AvgIpc) is 3.53. The van der Waals surface area contributed by atoms with Gasteiger partial charge in [-0.25, -0.2) is 4.79 Å². The number of amides is 1. The molecule has 0 spiro atoms. The Balaban J connectivity index is 1.24. The number of ether oxygens (including phenoxy) is 1. The van der Waals surface area contributed by atoms with Gasteiger partial charge < -0.3 is 29.0 Å². The van der Waals surface area contributed by atoms with Crippen LogP contribution in [0.4, 0.5) is 16.3 Å². The Labute approximate surface area is 291 Å². The van der Waals surface area contributed by atoms with Gasteiger partial charge in [0.05, 0.1) is 30.8 Å². The SMILES string of the molecule is CC(C)(C)[Si](C)(C)OCCN1CCC[C@H]1COc1nc2c(c(N3CCN(C(=O)O)[C@@H](CC#N)C3)n1)CCN(c1cccc3ccccc13)C2. The molecule has 6 rings (SSSR count). The van der Waals surface area contributed by atoms with Crippen molar-refractivity contribution in [1.29, 1.82) is 5.26 Å². The number of fused-ring (bicyclic) bond motifs is 2. The number of likely N-dealkylation sites (tertiary alicyclic amines) is 1. The summed E-state index contributed by atoms with van der Waals surface area (Å²) in [6.45, 7) is 17.2. The van der Waals surface area contributed by atoms with E-state index in [-0.39, 0.29) is 17.5 Å². The lowest BCUT2D eigenvalue weighted by Crippen LogP contribution is -2.55. The van der Waals surface area contributed by atoms with Gasteiger partial charge in [-0.3, -0.25) is 4.90 Å². The van der Waals surface area contributed by atoms with Crippen LogP contribution in [0.3, 0.4) is 0 Å². The first-order valence-corrected chi connectivity index (χ1v) is 20.6. The van der Waals surface area contributed by atoms with E-state index in [0.29, 0.717) is 38.8 Å². The molecule has 262 valence electrons. The number of nitriles is 1. The summed E-state index contributed by atoms with van der Waals surface area (Å²) in [6, 6.07) is 17.3. The largest absolute Gasteiger partial charge is 0.465 e. The fourth-order valence-corrected chi connectivity index (χ4v) is 8.20. The molecular weight excluding hydrogens is 635 g/mol. The lowest BCUT2D eigenvalue weighted by molar-refractivity contribution is 0.118. The highest BCUT2D eigenvalue weighted by molar-refractivity contribution is 6.74. The van der Waals surface area contributed by atoms with E-state index in [1.54, 1.807) is 0 Å². The molecule has 3 aliphatic heterocycles. The second-order valence-electron chi connectivity index (χ2n) is 15.1. The van der Waals surface area contributed by atoms with Crippen molar-refractivity contribution in [3.05, 3.63) is 53.7 Å². The van der Waals surface area contributed by atoms with E-state index in [0.717, 1.165) is 62.6 Å². The van der Waals surface area contributed by atoms with Gasteiger partial charge in [-0.1, -0.05) is 57.2 Å². The maximum absolute atomic E-state index is 12.0. The maximum Gasteiger partial charge on any atom is 0.407 e. The van der Waals surface area contributed by atoms with Crippen LogP contribution in [0.1, 0.15) is 51.3 Å². The third kappa shape index (κ3) is 7.64. The zero-order valence-electron chi connectivity index (χ0n) is 29.7. The van der Waals surface area contributed by atoms with Crippen LogP contribution in [0.2, 0.25) is 18.1 Å². The van der Waals surface area contributed by atoms with Crippen LogP contribution in [0, 0.1) is 11.3 Å². The molecule has 2 saturated heterocycles. The van der Waals surface area contributed by atoms with Crippen molar-refractivity contribution >= 4 is 36.7 Å². The molecule has 0 aliphatic carbocycles. The molecule has 2 aromatic carbocycles. The molecule has 0 saturated carbocycles. The highest BCUT2D eigenvalue weighted by Gasteiger charge is 2.38. The third-order valence-corrected chi connectivity index (χ3v) is 15.6. The van der Waals surface area contributed by atoms with Crippen LogP contribution < -0.4 is 14.5 Å². The fourth-order valence-electron chi connectivity index (χ4n) is 7.17. The molecule has 0 unspecified atom stereocenters. The van der Waals surface area contributed by atoms with E-state index in [1.807, 2.05) is 0 Å². The molecule has 1 aromatic heterocycles. The average molecular weight is 686 g/mol. The number of carboxylic acid groups (broad SMARTS) is 1. The Hall–Kier alpha value is -3.92. The summed E-state index contributed by atoms with van der Waals surface area (Å²) in [7, 11) is -1.81. The third-order valence-electron chi connectivity index (χ3n) is 11.0. The van der Waals surface area contributed by atoms with E-state index in [2.05, 4.69) is 97.1 Å². The predicted octanol–water partition coefficient (Wildman–Crippen LogP) is 6.14. The normalized spacial score (nSPS) is 20.4. The van der Waals surface area contributed by atoms with Gasteiger partial charge in [-0.15, -0.1) is 0 Å². The molecular formula is C37H51N7O4Si. The van der Waals surface area contributed by atoms with Crippen LogP contribution in [-0.2, 0) is 17.4 Å². The molecule has 3 aromatic rings. The number of anilines is 2. The fraction of sp³-hybridized carbons (Fsp3) is 0.568. The first-order valence-electron chi connectivity index (χ1n) is 17.7. The van der Waals surface area contributed by atoms with Gasteiger partial charge in [0, 0.05) is 62.0 Å². The lowest BCUT2D eigenvalue weighted by Gasteiger charge is -2.41. The highest BCUT2D eigenvalue weighted by atomic mass is 28.4. The Bertz CT molecular complexity index is 1680. The van der Waals surface area contributed by atoms with Crippen molar-refractivity contribution in [3.8, 4) is 12.1 Å². The minimum atomic E-state index is -1.81. The summed E-state index contributed by atoms with van der Waals surface area (Å²) in [5.74, 6) is 0.802. The minimum Gasteiger partial charge on any atom is -0.465 e. The van der Waals surface area contributed by atoms with Gasteiger partial charge in [0.1, 0.15) is 12.4 Å². The van der Waals surface area contributed by atoms with Gasteiger partial charge in [-0.05, 0) is 55.4 Å². The van der Waals surface area contributed by atoms with E-state index in [4.69, 9.17) is 19.1 Å². The van der Waals surface area contributed by atoms with Crippen molar-refractivity contribution < 1.29 is 19.1 Å². The number of benzene rings is 2. The van der Waals surface area contributed by atoms with Crippen molar-refractivity contribution in [3.63, 3.8) is 0 Å². The minimum absolute atomic E-state index is 0.130. The summed E-state index contributed by atoms with van der Waals surface area (Å²) in [4.78, 5) is 30.4. The van der Waals surface area contributed by atoms with E-state index < -0.39 is 20.5 Å². The van der Waals surface area contributed by atoms with Crippen molar-refractivity contribution in [2.24, 2.45) is 0 Å². The Morgan fingerprint density at radius 3 is 2.61 bits per heavy atom. The Kier molecular flexibility index (Phi) is 10.3. The summed E-state index contributed by atoms with van der Waals surface area (Å²) < 4.78 is 13.0. The van der Waals surface area contributed by atoms with Gasteiger partial charge >= 0.3 is 12.1 Å². The number of carbonyl (C=O) groups is 1. The molecule has 2 fully saturated rings. The second kappa shape index (κ2) is 14.5. The van der Waals surface area contributed by atoms with E-state index in [1.165, 1.54) is 21.4 Å².